The first kappa shape index (κ1) is 30.8. The number of likely N-dealkylation sites (tertiary alicyclic amines) is 1. The average molecular weight is 606 g/mol. The maximum Gasteiger partial charge on any atom is 0.356 e. The van der Waals surface area contributed by atoms with Gasteiger partial charge < -0.3 is 14.4 Å². The number of nitrogens with zero attached hydrogens (tertiary/aromatic N) is 1. The topological polar surface area (TPSA) is 72.9 Å². The Morgan fingerprint density at radius 1 is 0.818 bits per heavy atom. The summed E-state index contributed by atoms with van der Waals surface area (Å²) in [5, 5.41) is 2.72. The molecule has 3 unspecified atom stereocenters. The number of benzene rings is 4. The summed E-state index contributed by atoms with van der Waals surface area (Å²) < 4.78 is 11.6. The lowest BCUT2D eigenvalue weighted by Gasteiger charge is -2.51. The van der Waals surface area contributed by atoms with E-state index in [9.17, 15) is 14.4 Å². The van der Waals surface area contributed by atoms with Crippen LogP contribution in [0.25, 0.3) is 0 Å². The summed E-state index contributed by atoms with van der Waals surface area (Å²) in [5.74, 6) is -1.96. The first-order chi connectivity index (χ1) is 21.4. The molecule has 1 aliphatic heterocycles. The van der Waals surface area contributed by atoms with Crippen LogP contribution >= 0.6 is 6.89 Å². The molecule has 4 aromatic carbocycles. The van der Waals surface area contributed by atoms with Crippen molar-refractivity contribution in [2.45, 2.75) is 39.0 Å². The van der Waals surface area contributed by atoms with Crippen molar-refractivity contribution >= 4 is 46.1 Å². The summed E-state index contributed by atoms with van der Waals surface area (Å²) in [6.07, 6.45) is 1.45. The number of rotatable bonds is 11. The third-order valence-corrected chi connectivity index (χ3v) is 12.2. The van der Waals surface area contributed by atoms with Crippen LogP contribution in [-0.2, 0) is 30.5 Å². The van der Waals surface area contributed by atoms with Crippen molar-refractivity contribution in [2.24, 2.45) is 5.92 Å². The minimum atomic E-state index is -3.04. The van der Waals surface area contributed by atoms with Gasteiger partial charge in [0.2, 0.25) is 5.91 Å². The van der Waals surface area contributed by atoms with Crippen molar-refractivity contribution in [3.05, 3.63) is 140 Å². The Morgan fingerprint density at radius 2 is 1.27 bits per heavy atom. The predicted molar refractivity (Wildman–Crippen MR) is 177 cm³/mol. The monoisotopic (exact) mass is 605 g/mol. The number of β-lactam (4-membered cyclic amide) rings is 1. The molecular formula is C37H36NO5P. The van der Waals surface area contributed by atoms with Gasteiger partial charge in [0.05, 0.1) is 12.0 Å². The molecule has 0 N–H and O–H groups in total. The number of ether oxygens (including phenoxy) is 2. The van der Waals surface area contributed by atoms with Crippen molar-refractivity contribution in [1.82, 2.24) is 4.90 Å². The standard InChI is InChI=1S/C37H36NO5P/c1-4-17-33-34(27(2)43-28(3)39)35(40)38(33)36(37(41)42-26-29-18-9-5-10-19-29)44(30-20-11-6-12-21-30,31-22-13-7-14-23-31)32-24-15-8-16-25-32/h4-16,18-25,27,33-34H,1,17,26H2,2-3H3. The molecule has 6 nitrogen and oxygen atoms in total. The molecule has 3 atom stereocenters. The molecule has 1 amide bonds. The van der Waals surface area contributed by atoms with E-state index in [0.717, 1.165) is 21.5 Å². The highest BCUT2D eigenvalue weighted by Gasteiger charge is 2.55. The van der Waals surface area contributed by atoms with Gasteiger partial charge in [-0.25, -0.2) is 4.79 Å². The number of carbonyl (C=O) groups is 3. The molecule has 224 valence electrons. The Hall–Kier alpha value is -4.67. The van der Waals surface area contributed by atoms with Crippen molar-refractivity contribution in [1.29, 1.82) is 0 Å². The van der Waals surface area contributed by atoms with Gasteiger partial charge in [-0.1, -0.05) is 127 Å². The van der Waals surface area contributed by atoms with Gasteiger partial charge >= 0.3 is 11.9 Å². The van der Waals surface area contributed by atoms with E-state index in [0.29, 0.717) is 11.8 Å². The minimum absolute atomic E-state index is 0.0446. The molecule has 0 bridgehead atoms. The number of hydrogen-bond acceptors (Lipinski definition) is 5. The van der Waals surface area contributed by atoms with Gasteiger partial charge in [-0.2, -0.15) is 0 Å². The van der Waals surface area contributed by atoms with E-state index in [1.807, 2.05) is 121 Å². The summed E-state index contributed by atoms with van der Waals surface area (Å²) in [6, 6.07) is 38.6. The third kappa shape index (κ3) is 5.91. The van der Waals surface area contributed by atoms with E-state index >= 15 is 0 Å². The van der Waals surface area contributed by atoms with Gasteiger partial charge in [-0.15, -0.1) is 6.58 Å². The molecule has 1 aliphatic rings. The fourth-order valence-electron chi connectivity index (χ4n) is 6.05. The summed E-state index contributed by atoms with van der Waals surface area (Å²) in [7, 11) is 0. The lowest BCUT2D eigenvalue weighted by Crippen LogP contribution is -2.68. The molecule has 0 radical (unpaired) electrons. The lowest BCUT2D eigenvalue weighted by atomic mass is 9.81. The Kier molecular flexibility index (Phi) is 9.62. The maximum atomic E-state index is 14.7. The Bertz CT molecular complexity index is 1570. The Balaban J connectivity index is 1.84. The Morgan fingerprint density at radius 3 is 1.70 bits per heavy atom. The van der Waals surface area contributed by atoms with Crippen molar-refractivity contribution < 1.29 is 23.9 Å². The molecule has 0 aromatic heterocycles. The molecule has 0 spiro atoms. The zero-order chi connectivity index (χ0) is 31.1. The number of esters is 2. The molecule has 4 aromatic rings. The fraction of sp³-hybridized carbons (Fsp3) is 0.189. The molecular weight excluding hydrogens is 569 g/mol. The van der Waals surface area contributed by atoms with Crippen LogP contribution in [0.4, 0.5) is 0 Å². The number of hydrogen-bond donors (Lipinski definition) is 0. The van der Waals surface area contributed by atoms with Crippen LogP contribution in [0.3, 0.4) is 0 Å². The molecule has 0 aliphatic carbocycles. The fourth-order valence-corrected chi connectivity index (χ4v) is 10.4. The zero-order valence-corrected chi connectivity index (χ0v) is 25.8. The first-order valence-corrected chi connectivity index (χ1v) is 16.4. The van der Waals surface area contributed by atoms with E-state index in [2.05, 4.69) is 6.58 Å². The van der Waals surface area contributed by atoms with E-state index in [-0.39, 0.29) is 12.5 Å². The second kappa shape index (κ2) is 13.7. The molecule has 7 heteroatoms. The van der Waals surface area contributed by atoms with Crippen molar-refractivity contribution in [3.8, 4) is 0 Å². The van der Waals surface area contributed by atoms with Gasteiger partial charge in [0.15, 0.2) is 0 Å². The average Bonchev–Trinajstić information content (AvgIpc) is 3.05. The van der Waals surface area contributed by atoms with Gasteiger partial charge in [-0.05, 0) is 34.8 Å². The van der Waals surface area contributed by atoms with E-state index < -0.39 is 36.9 Å². The quantitative estimate of drug-likeness (QED) is 0.102. The largest absolute Gasteiger partial charge is 0.462 e. The van der Waals surface area contributed by atoms with Crippen molar-refractivity contribution in [3.63, 3.8) is 0 Å². The minimum Gasteiger partial charge on any atom is -0.462 e. The molecule has 1 heterocycles. The highest BCUT2D eigenvalue weighted by Crippen LogP contribution is 2.50. The smallest absolute Gasteiger partial charge is 0.356 e. The van der Waals surface area contributed by atoms with Crippen molar-refractivity contribution in [2.75, 3.05) is 0 Å². The lowest BCUT2D eigenvalue weighted by molar-refractivity contribution is -0.166. The number of carbonyl (C=O) groups excluding carboxylic acids is 3. The van der Waals surface area contributed by atoms with Gasteiger partial charge in [0.1, 0.15) is 18.1 Å². The van der Waals surface area contributed by atoms with Crippen LogP contribution in [0.5, 0.6) is 0 Å². The predicted octanol–water partition coefficient (Wildman–Crippen LogP) is 5.21. The number of amides is 1. The maximum absolute atomic E-state index is 14.7. The van der Waals surface area contributed by atoms with Crippen LogP contribution in [-0.4, -0.2) is 40.3 Å². The van der Waals surface area contributed by atoms with Crippen LogP contribution in [0, 0.1) is 5.92 Å². The van der Waals surface area contributed by atoms with Gasteiger partial charge in [0, 0.05) is 13.8 Å². The van der Waals surface area contributed by atoms with Gasteiger partial charge in [-0.3, -0.25) is 9.59 Å². The second-order valence-corrected chi connectivity index (χ2v) is 14.0. The third-order valence-electron chi connectivity index (χ3n) is 7.91. The summed E-state index contributed by atoms with van der Waals surface area (Å²) >= 11 is 0. The van der Waals surface area contributed by atoms with E-state index in [4.69, 9.17) is 9.47 Å². The first-order valence-electron chi connectivity index (χ1n) is 14.6. The summed E-state index contributed by atoms with van der Waals surface area (Å²) in [6.45, 7) is 4.01. The summed E-state index contributed by atoms with van der Waals surface area (Å²) in [4.78, 5) is 42.5. The highest BCUT2D eigenvalue weighted by molar-refractivity contribution is 7.96. The Labute approximate surface area is 258 Å². The zero-order valence-electron chi connectivity index (χ0n) is 24.9. The molecule has 1 saturated heterocycles. The molecule has 1 fully saturated rings. The van der Waals surface area contributed by atoms with Gasteiger partial charge in [0.25, 0.3) is 0 Å². The molecule has 0 saturated carbocycles. The van der Waals surface area contributed by atoms with E-state index in [1.165, 1.54) is 6.92 Å². The summed E-state index contributed by atoms with van der Waals surface area (Å²) in [5.41, 5.74) is 1.13. The van der Waals surface area contributed by atoms with E-state index in [1.54, 1.807) is 17.9 Å². The molecule has 5 rings (SSSR count). The SMILES string of the molecule is C=CCC1C(C(C)OC(C)=O)C(=O)N1C(C(=O)OCc1ccccc1)=P(c1ccccc1)(c1ccccc1)c1ccccc1. The normalized spacial score (nSPS) is 16.8. The van der Waals surface area contributed by atoms with Crippen LogP contribution in [0.2, 0.25) is 0 Å². The second-order valence-electron chi connectivity index (χ2n) is 10.7. The highest BCUT2D eigenvalue weighted by atomic mass is 31.2. The van der Waals surface area contributed by atoms with Crippen LogP contribution < -0.4 is 15.9 Å². The molecule has 44 heavy (non-hydrogen) atoms. The van der Waals surface area contributed by atoms with Crippen LogP contribution in [0.1, 0.15) is 25.8 Å². The van der Waals surface area contributed by atoms with Crippen LogP contribution in [0.15, 0.2) is 134 Å².